The first-order chi connectivity index (χ1) is 24.7. The standard InChI is InChI=1S/2C23H26N3.Pt/c2*1-13(2)15-8-6-7-14-12-24-18(11-16(14)15)20-19-17-9-10-23(5,22(17,3)4)21(19)26-25-20;/h2*6-8,11-13,17H,9-10H2,1-5H3;/q2*-1;+2. The summed E-state index contributed by atoms with van der Waals surface area (Å²) < 4.78 is 0. The van der Waals surface area contributed by atoms with Crippen molar-refractivity contribution >= 4 is 21.5 Å². The molecular formula is C46H52N6Pt. The van der Waals surface area contributed by atoms with Gasteiger partial charge in [0.1, 0.15) is 0 Å². The third-order valence-corrected chi connectivity index (χ3v) is 15.0. The molecule has 6 aromatic rings. The Hall–Kier alpha value is -3.63. The first-order valence-electron chi connectivity index (χ1n) is 19.5. The van der Waals surface area contributed by atoms with E-state index in [9.17, 15) is 0 Å². The van der Waals surface area contributed by atoms with Crippen molar-refractivity contribution in [3.8, 4) is 22.8 Å². The average Bonchev–Trinajstić information content (AvgIpc) is 3.91. The molecule has 276 valence electrons. The molecule has 4 aliphatic carbocycles. The minimum absolute atomic E-state index is 0. The van der Waals surface area contributed by atoms with Crippen LogP contribution in [0.25, 0.3) is 44.3 Å². The van der Waals surface area contributed by atoms with Crippen molar-refractivity contribution in [1.29, 1.82) is 0 Å². The number of pyridine rings is 2. The van der Waals surface area contributed by atoms with E-state index in [-0.39, 0.29) is 42.7 Å². The largest absolute Gasteiger partial charge is 2.00 e. The molecule has 10 rings (SSSR count). The van der Waals surface area contributed by atoms with Crippen LogP contribution in [0.4, 0.5) is 0 Å². The van der Waals surface area contributed by atoms with Crippen molar-refractivity contribution in [3.05, 3.63) is 94.6 Å². The molecular weight excluding hydrogens is 832 g/mol. The van der Waals surface area contributed by atoms with Gasteiger partial charge in [-0.2, -0.15) is 0 Å². The molecule has 4 bridgehead atoms. The summed E-state index contributed by atoms with van der Waals surface area (Å²) in [6.45, 7) is 23.4. The Kier molecular flexibility index (Phi) is 8.36. The van der Waals surface area contributed by atoms with Gasteiger partial charge in [0, 0.05) is 45.4 Å². The van der Waals surface area contributed by atoms with Crippen molar-refractivity contribution in [2.75, 3.05) is 0 Å². The van der Waals surface area contributed by atoms with Crippen LogP contribution in [0.3, 0.4) is 0 Å². The zero-order valence-electron chi connectivity index (χ0n) is 32.9. The third-order valence-electron chi connectivity index (χ3n) is 15.0. The van der Waals surface area contributed by atoms with Crippen molar-refractivity contribution in [3.63, 3.8) is 0 Å². The summed E-state index contributed by atoms with van der Waals surface area (Å²) in [5.41, 5.74) is 12.7. The predicted octanol–water partition coefficient (Wildman–Crippen LogP) is 11.1. The second kappa shape index (κ2) is 12.2. The Morgan fingerprint density at radius 2 is 1.00 bits per heavy atom. The Morgan fingerprint density at radius 1 is 0.604 bits per heavy atom. The van der Waals surface area contributed by atoms with Gasteiger partial charge in [0.2, 0.25) is 0 Å². The molecule has 4 unspecified atom stereocenters. The maximum absolute atomic E-state index is 4.78. The molecule has 53 heavy (non-hydrogen) atoms. The Bertz CT molecular complexity index is 2230. The van der Waals surface area contributed by atoms with Gasteiger partial charge in [-0.25, -0.2) is 0 Å². The van der Waals surface area contributed by atoms with E-state index in [2.05, 4.69) is 138 Å². The van der Waals surface area contributed by atoms with Gasteiger partial charge in [0.25, 0.3) is 0 Å². The number of fused-ring (bicyclic) bond motifs is 12. The van der Waals surface area contributed by atoms with Crippen LogP contribution in [0, 0.1) is 10.8 Å². The van der Waals surface area contributed by atoms with E-state index in [0.29, 0.717) is 23.7 Å². The summed E-state index contributed by atoms with van der Waals surface area (Å²) in [5, 5.41) is 23.6. The average molecular weight is 884 g/mol. The summed E-state index contributed by atoms with van der Waals surface area (Å²) in [7, 11) is 0. The zero-order chi connectivity index (χ0) is 36.5. The maximum Gasteiger partial charge on any atom is 2.00 e. The third kappa shape index (κ3) is 4.85. The molecule has 4 heterocycles. The number of aromatic nitrogens is 6. The molecule has 0 saturated heterocycles. The molecule has 2 aromatic carbocycles. The summed E-state index contributed by atoms with van der Waals surface area (Å²) in [6, 6.07) is 17.5. The van der Waals surface area contributed by atoms with E-state index >= 15 is 0 Å². The van der Waals surface area contributed by atoms with Crippen molar-refractivity contribution in [2.45, 2.75) is 129 Å². The van der Waals surface area contributed by atoms with Gasteiger partial charge in [-0.15, -0.1) is 0 Å². The number of benzene rings is 2. The van der Waals surface area contributed by atoms with Gasteiger partial charge in [0.15, 0.2) is 0 Å². The van der Waals surface area contributed by atoms with Crippen LogP contribution >= 0.6 is 0 Å². The summed E-state index contributed by atoms with van der Waals surface area (Å²) in [6.07, 6.45) is 8.91. The van der Waals surface area contributed by atoms with Gasteiger partial charge >= 0.3 is 21.1 Å². The molecule has 0 radical (unpaired) electrons. The van der Waals surface area contributed by atoms with Gasteiger partial charge in [0.05, 0.1) is 11.4 Å². The first-order valence-corrected chi connectivity index (χ1v) is 19.5. The van der Waals surface area contributed by atoms with Gasteiger partial charge in [-0.1, -0.05) is 117 Å². The molecule has 7 heteroatoms. The Labute approximate surface area is 329 Å². The van der Waals surface area contributed by atoms with E-state index in [4.69, 9.17) is 9.97 Å². The van der Waals surface area contributed by atoms with Crippen LogP contribution in [0.1, 0.15) is 152 Å². The molecule has 4 aromatic heterocycles. The second-order valence-corrected chi connectivity index (χ2v) is 18.5. The zero-order valence-corrected chi connectivity index (χ0v) is 35.2. The molecule has 2 fully saturated rings. The fraction of sp³-hybridized carbons (Fsp3) is 0.478. The number of hydrogen-bond acceptors (Lipinski definition) is 4. The van der Waals surface area contributed by atoms with Gasteiger partial charge < -0.3 is 20.4 Å². The summed E-state index contributed by atoms with van der Waals surface area (Å²) in [4.78, 5) is 9.56. The quantitative estimate of drug-likeness (QED) is 0.175. The fourth-order valence-corrected chi connectivity index (χ4v) is 11.0. The van der Waals surface area contributed by atoms with Gasteiger partial charge in [-0.05, 0) is 105 Å². The fourth-order valence-electron chi connectivity index (χ4n) is 11.0. The first kappa shape index (κ1) is 36.3. The van der Waals surface area contributed by atoms with Crippen LogP contribution in [-0.2, 0) is 31.9 Å². The van der Waals surface area contributed by atoms with Crippen molar-refractivity contribution in [2.24, 2.45) is 10.8 Å². The molecule has 2 saturated carbocycles. The van der Waals surface area contributed by atoms with Crippen LogP contribution < -0.4 is 10.2 Å². The number of hydrogen-bond donors (Lipinski definition) is 0. The van der Waals surface area contributed by atoms with Crippen LogP contribution in [0.15, 0.2) is 60.9 Å². The van der Waals surface area contributed by atoms with E-state index in [1.165, 1.54) is 80.9 Å². The monoisotopic (exact) mass is 883 g/mol. The number of nitrogens with zero attached hydrogens (tertiary/aromatic N) is 6. The predicted molar refractivity (Wildman–Crippen MR) is 211 cm³/mol. The maximum atomic E-state index is 4.78. The molecule has 0 N–H and O–H groups in total. The molecule has 0 spiro atoms. The minimum Gasteiger partial charge on any atom is -0.573 e. The molecule has 0 aliphatic heterocycles. The SMILES string of the molecule is CC(C)c1cccc2cnc(-c3[n-]nc4c3C3CCC4(C)C3(C)C)cc12.CC(C)c1cccc2cnc(-c3[n-]nc4c3C3CCC4(C)C3(C)C)cc12.[Pt+2]. The topological polar surface area (TPSA) is 79.8 Å². The molecule has 4 atom stereocenters. The van der Waals surface area contributed by atoms with Gasteiger partial charge in [-0.3, -0.25) is 9.97 Å². The van der Waals surface area contributed by atoms with E-state index < -0.39 is 0 Å². The normalized spacial score (nSPS) is 25.5. The molecule has 0 amide bonds. The summed E-state index contributed by atoms with van der Waals surface area (Å²) in [5.74, 6) is 2.06. The molecule has 4 aliphatic rings. The number of rotatable bonds is 4. The van der Waals surface area contributed by atoms with Crippen molar-refractivity contribution in [1.82, 2.24) is 30.4 Å². The van der Waals surface area contributed by atoms with Crippen molar-refractivity contribution < 1.29 is 21.1 Å². The van der Waals surface area contributed by atoms with E-state index in [1.807, 2.05) is 12.4 Å². The summed E-state index contributed by atoms with van der Waals surface area (Å²) >= 11 is 0. The Morgan fingerprint density at radius 3 is 1.38 bits per heavy atom. The Balaban J connectivity index is 0.000000148. The van der Waals surface area contributed by atoms with E-state index in [0.717, 1.165) is 22.8 Å². The van der Waals surface area contributed by atoms with Crippen LogP contribution in [0.5, 0.6) is 0 Å². The second-order valence-electron chi connectivity index (χ2n) is 18.5. The van der Waals surface area contributed by atoms with Crippen LogP contribution in [-0.4, -0.2) is 20.2 Å². The van der Waals surface area contributed by atoms with Crippen LogP contribution in [0.2, 0.25) is 0 Å². The smallest absolute Gasteiger partial charge is 0.573 e. The minimum atomic E-state index is 0. The van der Waals surface area contributed by atoms with E-state index in [1.54, 1.807) is 0 Å². The molecule has 6 nitrogen and oxygen atoms in total.